The number of non-ortho nitro benzene ring substituents is 1. The molecule has 0 saturated heterocycles. The van der Waals surface area contributed by atoms with E-state index in [0.717, 1.165) is 63.6 Å². The molecule has 6 rings (SSSR count). The maximum atomic E-state index is 11.9. The second kappa shape index (κ2) is 10.2. The number of fused-ring (bicyclic) bond motifs is 5. The second-order valence-electron chi connectivity index (χ2n) is 9.06. The van der Waals surface area contributed by atoms with Crippen molar-refractivity contribution in [2.45, 2.75) is 25.3 Å². The lowest BCUT2D eigenvalue weighted by molar-refractivity contribution is -0.386. The molecular formula is C29H26N2O5S. The van der Waals surface area contributed by atoms with Gasteiger partial charge in [-0.05, 0) is 64.3 Å². The number of hydrogen-bond acceptors (Lipinski definition) is 5. The molecule has 3 aromatic carbocycles. The number of nitro benzene ring substituents is 1. The quantitative estimate of drug-likeness (QED) is 0.421. The molecule has 1 unspecified atom stereocenters. The maximum Gasteiger partial charge on any atom is 0.276 e. The lowest BCUT2D eigenvalue weighted by Crippen LogP contribution is -2.33. The summed E-state index contributed by atoms with van der Waals surface area (Å²) < 4.78 is 31.8. The van der Waals surface area contributed by atoms with E-state index in [0.29, 0.717) is 5.22 Å². The highest BCUT2D eigenvalue weighted by atomic mass is 32.2. The van der Waals surface area contributed by atoms with Crippen molar-refractivity contribution in [1.82, 2.24) is 4.72 Å². The van der Waals surface area contributed by atoms with Crippen molar-refractivity contribution < 1.29 is 18.1 Å². The van der Waals surface area contributed by atoms with Crippen LogP contribution in [0.1, 0.15) is 35.6 Å². The third kappa shape index (κ3) is 5.26. The molecule has 2 aliphatic carbocycles. The van der Waals surface area contributed by atoms with E-state index in [1.54, 1.807) is 18.4 Å². The number of para-hydroxylation sites is 1. The van der Waals surface area contributed by atoms with Gasteiger partial charge in [-0.3, -0.25) is 10.1 Å². The Hall–Kier alpha value is -4.01. The Balaban J connectivity index is 0.000000212. The van der Waals surface area contributed by atoms with Crippen LogP contribution >= 0.6 is 0 Å². The number of benzene rings is 3. The van der Waals surface area contributed by atoms with Crippen molar-refractivity contribution in [2.75, 3.05) is 6.26 Å². The molecule has 0 radical (unpaired) electrons. The third-order valence-corrected chi connectivity index (χ3v) is 7.21. The van der Waals surface area contributed by atoms with Crippen LogP contribution in [0.15, 0.2) is 73.0 Å². The van der Waals surface area contributed by atoms with Crippen LogP contribution in [0.25, 0.3) is 18.2 Å². The number of nitro groups is 1. The highest BCUT2D eigenvalue weighted by Crippen LogP contribution is 2.26. The first kappa shape index (κ1) is 24.7. The summed E-state index contributed by atoms with van der Waals surface area (Å²) in [5.41, 5.74) is 3.15. The molecule has 0 aromatic heterocycles. The highest BCUT2D eigenvalue weighted by Gasteiger charge is 2.24. The first-order valence-electron chi connectivity index (χ1n) is 12.0. The Morgan fingerprint density at radius 3 is 2.68 bits per heavy atom. The van der Waals surface area contributed by atoms with Crippen molar-refractivity contribution in [3.63, 3.8) is 0 Å². The summed E-state index contributed by atoms with van der Waals surface area (Å²) in [5, 5.41) is 14.7. The summed E-state index contributed by atoms with van der Waals surface area (Å²) >= 11 is 0. The molecule has 8 heteroatoms. The molecule has 0 amide bonds. The summed E-state index contributed by atoms with van der Waals surface area (Å²) in [6, 6.07) is 16.3. The largest absolute Gasteiger partial charge is 0.464 e. The highest BCUT2D eigenvalue weighted by molar-refractivity contribution is 7.88. The Kier molecular flexibility index (Phi) is 6.78. The van der Waals surface area contributed by atoms with E-state index >= 15 is 0 Å². The van der Waals surface area contributed by atoms with E-state index in [9.17, 15) is 18.5 Å². The van der Waals surface area contributed by atoms with Gasteiger partial charge in [0.05, 0.1) is 28.7 Å². The first-order chi connectivity index (χ1) is 17.8. The van der Waals surface area contributed by atoms with Crippen molar-refractivity contribution >= 4 is 33.9 Å². The topological polar surface area (TPSA) is 98.5 Å². The van der Waals surface area contributed by atoms with Crippen molar-refractivity contribution in [3.8, 4) is 5.75 Å². The third-order valence-electron chi connectivity index (χ3n) is 6.52. The van der Waals surface area contributed by atoms with Crippen LogP contribution in [0.4, 0.5) is 5.69 Å². The fraction of sp³-hybridized carbons (Fsp3) is 0.172. The van der Waals surface area contributed by atoms with Gasteiger partial charge in [-0.15, -0.1) is 0 Å². The number of ether oxygens (including phenoxy) is 1. The zero-order valence-electron chi connectivity index (χ0n) is 20.3. The standard InChI is InChI=1S/C19H18N2O4S.C10H8O/c1-26(24,25)20-17-11-16-14(7-4-8-18(16)21(22)23)15-10-9-12-5-2-3-6-13(12)19(15)17;1-2-7-10-9(5-1)6-3-4-8-11-10/h4-5,7-11,17,20H,2-3,6H2,1H3;1-8H. The molecule has 0 saturated carbocycles. The van der Waals surface area contributed by atoms with E-state index in [4.69, 9.17) is 4.74 Å². The Bertz CT molecular complexity index is 1780. The molecule has 188 valence electrons. The van der Waals surface area contributed by atoms with E-state index in [1.807, 2.05) is 60.7 Å². The summed E-state index contributed by atoms with van der Waals surface area (Å²) in [6.45, 7) is 0. The molecule has 3 aliphatic rings. The predicted octanol–water partition coefficient (Wildman–Crippen LogP) is 3.99. The maximum absolute atomic E-state index is 11.9. The molecule has 7 nitrogen and oxygen atoms in total. The molecule has 1 atom stereocenters. The summed E-state index contributed by atoms with van der Waals surface area (Å²) in [4.78, 5) is 11.0. The molecule has 1 heterocycles. The normalized spacial score (nSPS) is 16.6. The Morgan fingerprint density at radius 2 is 1.86 bits per heavy atom. The van der Waals surface area contributed by atoms with E-state index < -0.39 is 21.0 Å². The lowest BCUT2D eigenvalue weighted by atomic mass is 9.86. The average Bonchev–Trinajstić information content (AvgIpc) is 3.13. The zero-order valence-corrected chi connectivity index (χ0v) is 21.1. The van der Waals surface area contributed by atoms with Gasteiger partial charge in [0.25, 0.3) is 5.69 Å². The summed E-state index contributed by atoms with van der Waals surface area (Å²) in [5.74, 6) is 0.914. The molecule has 0 fully saturated rings. The number of rotatable bonds is 3. The van der Waals surface area contributed by atoms with Crippen LogP contribution < -0.4 is 19.9 Å². The van der Waals surface area contributed by atoms with Gasteiger partial charge in [-0.2, -0.15) is 0 Å². The van der Waals surface area contributed by atoms with Crippen LogP contribution in [-0.4, -0.2) is 19.6 Å². The van der Waals surface area contributed by atoms with Crippen molar-refractivity contribution in [3.05, 3.63) is 121 Å². The minimum Gasteiger partial charge on any atom is -0.464 e. The number of sulfonamides is 1. The fourth-order valence-corrected chi connectivity index (χ4v) is 5.66. The number of nitrogens with zero attached hydrogens (tertiary/aromatic N) is 1. The van der Waals surface area contributed by atoms with Gasteiger partial charge in [0.1, 0.15) is 5.75 Å². The van der Waals surface area contributed by atoms with Crippen LogP contribution in [0.3, 0.4) is 0 Å². The van der Waals surface area contributed by atoms with Crippen LogP contribution in [0.5, 0.6) is 5.75 Å². The van der Waals surface area contributed by atoms with Crippen LogP contribution in [0.2, 0.25) is 0 Å². The van der Waals surface area contributed by atoms with Gasteiger partial charge < -0.3 is 4.74 Å². The first-order valence-corrected chi connectivity index (χ1v) is 13.9. The molecule has 1 aliphatic heterocycles. The van der Waals surface area contributed by atoms with Gasteiger partial charge in [0.2, 0.25) is 10.0 Å². The predicted molar refractivity (Wildman–Crippen MR) is 144 cm³/mol. The smallest absolute Gasteiger partial charge is 0.276 e. The van der Waals surface area contributed by atoms with Crippen molar-refractivity contribution in [1.29, 1.82) is 0 Å². The summed E-state index contributed by atoms with van der Waals surface area (Å²) in [7, 11) is -3.49. The van der Waals surface area contributed by atoms with Crippen molar-refractivity contribution in [2.24, 2.45) is 0 Å². The van der Waals surface area contributed by atoms with E-state index in [2.05, 4.69) is 10.8 Å². The van der Waals surface area contributed by atoms with Gasteiger partial charge in [-0.1, -0.05) is 60.7 Å². The van der Waals surface area contributed by atoms with E-state index in [1.165, 1.54) is 6.07 Å². The number of hydrogen-bond donors (Lipinski definition) is 1. The molecule has 37 heavy (non-hydrogen) atoms. The number of nitrogens with one attached hydrogen (secondary N) is 1. The molecule has 0 bridgehead atoms. The van der Waals surface area contributed by atoms with Gasteiger partial charge in [-0.25, -0.2) is 13.1 Å². The zero-order chi connectivity index (χ0) is 26.0. The Morgan fingerprint density at radius 1 is 1.03 bits per heavy atom. The molecular weight excluding hydrogens is 488 g/mol. The van der Waals surface area contributed by atoms with Gasteiger partial charge in [0.15, 0.2) is 0 Å². The van der Waals surface area contributed by atoms with Crippen LogP contribution in [0, 0.1) is 20.6 Å². The second-order valence-corrected chi connectivity index (χ2v) is 10.8. The van der Waals surface area contributed by atoms with Gasteiger partial charge >= 0.3 is 0 Å². The Labute approximate surface area is 214 Å². The lowest BCUT2D eigenvalue weighted by Gasteiger charge is -2.23. The molecule has 3 aromatic rings. The molecule has 0 spiro atoms. The molecule has 1 N–H and O–H groups in total. The monoisotopic (exact) mass is 514 g/mol. The van der Waals surface area contributed by atoms with Crippen LogP contribution in [-0.2, 0) is 16.4 Å². The van der Waals surface area contributed by atoms with Gasteiger partial charge in [0, 0.05) is 11.6 Å². The SMILES string of the molecule is C1=COc2ccccc2C=C1.CS(=O)(=O)NC1C=c2c([N+](=O)[O-])cccc2=c2ccc3c(c21)CCCC=3. The fourth-order valence-electron chi connectivity index (χ4n) is 5.02. The number of allylic oxidation sites excluding steroid dienone is 2. The minimum atomic E-state index is -3.49. The average molecular weight is 515 g/mol. The van der Waals surface area contributed by atoms with E-state index in [-0.39, 0.29) is 5.69 Å². The summed E-state index contributed by atoms with van der Waals surface area (Å²) in [6.07, 6.45) is 15.4. The minimum absolute atomic E-state index is 0.0160.